The third-order valence-electron chi connectivity index (χ3n) is 4.83. The second-order valence-corrected chi connectivity index (χ2v) is 6.78. The number of amides is 3. The Morgan fingerprint density at radius 1 is 0.964 bits per heavy atom. The van der Waals surface area contributed by atoms with Crippen LogP contribution < -0.4 is 10.6 Å². The minimum atomic E-state index is -0.804. The molecule has 1 fully saturated rings. The van der Waals surface area contributed by atoms with E-state index < -0.39 is 5.97 Å². The fourth-order valence-corrected chi connectivity index (χ4v) is 3.12. The minimum absolute atomic E-state index is 0.183. The molecule has 0 radical (unpaired) electrons. The number of nitrogens with one attached hydrogen (secondary N) is 2. The molecule has 3 rings (SSSR count). The number of hydrogen-bond donors (Lipinski definition) is 3. The first-order valence-electron chi connectivity index (χ1n) is 9.24. The van der Waals surface area contributed by atoms with Crippen LogP contribution >= 0.6 is 0 Å². The van der Waals surface area contributed by atoms with Gasteiger partial charge in [0.25, 0.3) is 5.91 Å². The average molecular weight is 381 g/mol. The summed E-state index contributed by atoms with van der Waals surface area (Å²) in [4.78, 5) is 37.1. The molecule has 1 aliphatic rings. The molecule has 3 amide bonds. The first kappa shape index (κ1) is 19.4. The van der Waals surface area contributed by atoms with Crippen LogP contribution in [0.1, 0.15) is 28.8 Å². The van der Waals surface area contributed by atoms with Gasteiger partial charge in [0.15, 0.2) is 0 Å². The van der Waals surface area contributed by atoms with E-state index >= 15 is 0 Å². The maximum Gasteiger partial charge on any atom is 0.321 e. The summed E-state index contributed by atoms with van der Waals surface area (Å²) in [6, 6.07) is 16.1. The van der Waals surface area contributed by atoms with Gasteiger partial charge in [-0.05, 0) is 42.7 Å². The summed E-state index contributed by atoms with van der Waals surface area (Å²) in [5, 5.41) is 14.7. The number of carboxylic acid groups (broad SMARTS) is 1. The Balaban J connectivity index is 1.49. The summed E-state index contributed by atoms with van der Waals surface area (Å²) in [6.45, 7) is 1.29. The van der Waals surface area contributed by atoms with Gasteiger partial charge >= 0.3 is 12.0 Å². The van der Waals surface area contributed by atoms with Gasteiger partial charge in [-0.25, -0.2) is 4.79 Å². The third-order valence-corrected chi connectivity index (χ3v) is 4.83. The molecule has 0 saturated carbocycles. The molecule has 0 aliphatic carbocycles. The fraction of sp³-hybridized carbons (Fsp3) is 0.286. The zero-order chi connectivity index (χ0) is 19.9. The van der Waals surface area contributed by atoms with Crippen molar-refractivity contribution in [1.82, 2.24) is 10.2 Å². The smallest absolute Gasteiger partial charge is 0.321 e. The predicted molar refractivity (Wildman–Crippen MR) is 105 cm³/mol. The topological polar surface area (TPSA) is 98.7 Å². The van der Waals surface area contributed by atoms with E-state index in [-0.39, 0.29) is 17.9 Å². The van der Waals surface area contributed by atoms with Crippen LogP contribution in [0.4, 0.5) is 10.5 Å². The lowest BCUT2D eigenvalue weighted by molar-refractivity contribution is -0.143. The Kier molecular flexibility index (Phi) is 6.26. The van der Waals surface area contributed by atoms with E-state index in [9.17, 15) is 14.4 Å². The first-order valence-corrected chi connectivity index (χ1v) is 9.24. The number of urea groups is 1. The zero-order valence-electron chi connectivity index (χ0n) is 15.4. The van der Waals surface area contributed by atoms with Crippen molar-refractivity contribution in [2.24, 2.45) is 5.92 Å². The number of hydrogen-bond acceptors (Lipinski definition) is 3. The summed E-state index contributed by atoms with van der Waals surface area (Å²) in [5.74, 6) is -1.36. The number of aliphatic carboxylic acids is 1. The molecular weight excluding hydrogens is 358 g/mol. The van der Waals surface area contributed by atoms with Crippen molar-refractivity contribution in [3.63, 3.8) is 0 Å². The Morgan fingerprint density at radius 2 is 1.61 bits per heavy atom. The van der Waals surface area contributed by atoms with Crippen molar-refractivity contribution in [3.8, 4) is 0 Å². The molecule has 2 aromatic rings. The van der Waals surface area contributed by atoms with Crippen LogP contribution in [0.25, 0.3) is 0 Å². The Labute approximate surface area is 163 Å². The maximum absolute atomic E-state index is 12.3. The summed E-state index contributed by atoms with van der Waals surface area (Å²) in [6.07, 6.45) is 0.923. The molecule has 28 heavy (non-hydrogen) atoms. The van der Waals surface area contributed by atoms with Crippen LogP contribution in [-0.2, 0) is 11.3 Å². The number of benzene rings is 2. The van der Waals surface area contributed by atoms with Gasteiger partial charge in [0.05, 0.1) is 5.92 Å². The molecule has 3 N–H and O–H groups in total. The molecule has 7 nitrogen and oxygen atoms in total. The minimum Gasteiger partial charge on any atom is -0.481 e. The molecule has 1 aliphatic heterocycles. The van der Waals surface area contributed by atoms with Crippen LogP contribution in [-0.4, -0.2) is 41.0 Å². The van der Waals surface area contributed by atoms with Crippen molar-refractivity contribution >= 4 is 23.6 Å². The number of piperidine rings is 1. The van der Waals surface area contributed by atoms with Gasteiger partial charge in [-0.3, -0.25) is 9.59 Å². The van der Waals surface area contributed by atoms with Crippen LogP contribution in [0.2, 0.25) is 0 Å². The number of rotatable bonds is 5. The van der Waals surface area contributed by atoms with Gasteiger partial charge in [0, 0.05) is 30.9 Å². The molecule has 0 aromatic heterocycles. The van der Waals surface area contributed by atoms with Crippen LogP contribution in [0.3, 0.4) is 0 Å². The lowest BCUT2D eigenvalue weighted by Gasteiger charge is -2.30. The van der Waals surface area contributed by atoms with E-state index in [0.29, 0.717) is 43.7 Å². The summed E-state index contributed by atoms with van der Waals surface area (Å²) in [7, 11) is 0. The lowest BCUT2D eigenvalue weighted by atomic mass is 9.97. The van der Waals surface area contributed by atoms with Crippen molar-refractivity contribution < 1.29 is 19.5 Å². The Hall–Kier alpha value is -3.35. The molecular formula is C21H23N3O4. The molecule has 1 heterocycles. The van der Waals surface area contributed by atoms with Gasteiger partial charge in [0.2, 0.25) is 0 Å². The monoisotopic (exact) mass is 381 g/mol. The molecule has 7 heteroatoms. The highest BCUT2D eigenvalue weighted by molar-refractivity contribution is 5.95. The van der Waals surface area contributed by atoms with Gasteiger partial charge in [-0.1, -0.05) is 30.3 Å². The highest BCUT2D eigenvalue weighted by Crippen LogP contribution is 2.18. The Bertz CT molecular complexity index is 828. The largest absolute Gasteiger partial charge is 0.481 e. The third kappa shape index (κ3) is 5.09. The standard InChI is InChI=1S/C21H23N3O4/c25-19(22-14-15-4-2-1-3-5-15)16-6-8-18(9-7-16)23-21(28)24-12-10-17(11-13-24)20(26)27/h1-9,17H,10-14H2,(H,22,25)(H,23,28)(H,26,27). The van der Waals surface area contributed by atoms with Crippen LogP contribution in [0.5, 0.6) is 0 Å². The second kappa shape index (κ2) is 9.03. The molecule has 146 valence electrons. The molecule has 1 saturated heterocycles. The zero-order valence-corrected chi connectivity index (χ0v) is 15.4. The quantitative estimate of drug-likeness (QED) is 0.741. The lowest BCUT2D eigenvalue weighted by Crippen LogP contribution is -2.42. The van der Waals surface area contributed by atoms with Crippen LogP contribution in [0.15, 0.2) is 54.6 Å². The summed E-state index contributed by atoms with van der Waals surface area (Å²) in [5.41, 5.74) is 2.12. The Morgan fingerprint density at radius 3 is 2.21 bits per heavy atom. The van der Waals surface area contributed by atoms with E-state index in [1.54, 1.807) is 29.2 Å². The van der Waals surface area contributed by atoms with E-state index in [4.69, 9.17) is 5.11 Å². The van der Waals surface area contributed by atoms with E-state index in [0.717, 1.165) is 5.56 Å². The SMILES string of the molecule is O=C(NCc1ccccc1)c1ccc(NC(=O)N2CCC(C(=O)O)CC2)cc1. The molecule has 2 aromatic carbocycles. The number of carbonyl (C=O) groups is 3. The van der Waals surface area contributed by atoms with E-state index in [1.807, 2.05) is 30.3 Å². The van der Waals surface area contributed by atoms with Crippen molar-refractivity contribution in [2.45, 2.75) is 19.4 Å². The van der Waals surface area contributed by atoms with Gasteiger partial charge in [-0.2, -0.15) is 0 Å². The highest BCUT2D eigenvalue weighted by atomic mass is 16.4. The normalized spacial score (nSPS) is 14.4. The average Bonchev–Trinajstić information content (AvgIpc) is 2.73. The maximum atomic E-state index is 12.3. The number of carboxylic acids is 1. The first-order chi connectivity index (χ1) is 13.5. The van der Waals surface area contributed by atoms with Crippen molar-refractivity contribution in [3.05, 3.63) is 65.7 Å². The van der Waals surface area contributed by atoms with Crippen molar-refractivity contribution in [1.29, 1.82) is 0 Å². The van der Waals surface area contributed by atoms with Gasteiger partial charge in [0.1, 0.15) is 0 Å². The summed E-state index contributed by atoms with van der Waals surface area (Å²) >= 11 is 0. The number of anilines is 1. The van der Waals surface area contributed by atoms with Crippen LogP contribution in [0, 0.1) is 5.92 Å². The number of nitrogens with zero attached hydrogens (tertiary/aromatic N) is 1. The van der Waals surface area contributed by atoms with Gasteiger partial charge < -0.3 is 20.6 Å². The predicted octanol–water partition coefficient (Wildman–Crippen LogP) is 2.95. The van der Waals surface area contributed by atoms with E-state index in [2.05, 4.69) is 10.6 Å². The number of carbonyl (C=O) groups excluding carboxylic acids is 2. The van der Waals surface area contributed by atoms with Gasteiger partial charge in [-0.15, -0.1) is 0 Å². The molecule has 0 bridgehead atoms. The second-order valence-electron chi connectivity index (χ2n) is 6.78. The molecule has 0 spiro atoms. The molecule has 0 unspecified atom stereocenters. The summed E-state index contributed by atoms with van der Waals surface area (Å²) < 4.78 is 0. The number of likely N-dealkylation sites (tertiary alicyclic amines) is 1. The van der Waals surface area contributed by atoms with E-state index in [1.165, 1.54) is 0 Å². The highest BCUT2D eigenvalue weighted by Gasteiger charge is 2.26. The fourth-order valence-electron chi connectivity index (χ4n) is 3.12. The van der Waals surface area contributed by atoms with Crippen molar-refractivity contribution in [2.75, 3.05) is 18.4 Å². The molecule has 0 atom stereocenters.